The Labute approximate surface area is 95.4 Å². The Morgan fingerprint density at radius 2 is 2.31 bits per heavy atom. The quantitative estimate of drug-likeness (QED) is 0.699. The molecule has 0 radical (unpaired) electrons. The van der Waals surface area contributed by atoms with Crippen LogP contribution in [0.2, 0.25) is 0 Å². The molecule has 0 saturated carbocycles. The van der Waals surface area contributed by atoms with E-state index >= 15 is 0 Å². The minimum atomic E-state index is -3.51. The van der Waals surface area contributed by atoms with Gasteiger partial charge >= 0.3 is 10.2 Å². The summed E-state index contributed by atoms with van der Waals surface area (Å²) in [5, 5.41) is 3.87. The lowest BCUT2D eigenvalue weighted by Crippen LogP contribution is -2.34. The number of anilines is 1. The lowest BCUT2D eigenvalue weighted by atomic mass is 10.4. The zero-order chi connectivity index (χ0) is 12.2. The fourth-order valence-corrected chi connectivity index (χ4v) is 2.11. The third-order valence-electron chi connectivity index (χ3n) is 2.14. The van der Waals surface area contributed by atoms with E-state index in [1.54, 1.807) is 13.1 Å². The number of nitrogens with zero attached hydrogens (tertiary/aromatic N) is 3. The molecule has 0 aliphatic rings. The number of hydrogen-bond donors (Lipinski definition) is 2. The van der Waals surface area contributed by atoms with Crippen molar-refractivity contribution in [2.24, 2.45) is 12.8 Å². The highest BCUT2D eigenvalue weighted by atomic mass is 32.2. The van der Waals surface area contributed by atoms with Crippen LogP contribution < -0.4 is 10.5 Å². The number of nitrogens with two attached hydrogens (primary N) is 1. The summed E-state index contributed by atoms with van der Waals surface area (Å²) in [4.78, 5) is 0. The predicted octanol–water partition coefficient (Wildman–Crippen LogP) is -0.643. The number of aryl methyl sites for hydroxylation is 1. The SMILES string of the molecule is CN(CCCN)S(=O)(=O)Nc1ccnn1C. The van der Waals surface area contributed by atoms with Crippen molar-refractivity contribution in [1.82, 2.24) is 14.1 Å². The molecule has 1 heterocycles. The Kier molecular flexibility index (Phi) is 4.27. The van der Waals surface area contributed by atoms with Gasteiger partial charge in [0, 0.05) is 26.7 Å². The molecule has 0 bridgehead atoms. The third kappa shape index (κ3) is 3.19. The number of hydrogen-bond acceptors (Lipinski definition) is 4. The molecule has 0 aliphatic carbocycles. The van der Waals surface area contributed by atoms with Crippen molar-refractivity contribution in [2.75, 3.05) is 24.9 Å². The van der Waals surface area contributed by atoms with E-state index in [0.29, 0.717) is 25.3 Å². The second-order valence-electron chi connectivity index (χ2n) is 3.41. The molecule has 0 atom stereocenters. The van der Waals surface area contributed by atoms with Crippen LogP contribution >= 0.6 is 0 Å². The van der Waals surface area contributed by atoms with Gasteiger partial charge in [0.15, 0.2) is 0 Å². The van der Waals surface area contributed by atoms with Crippen LogP contribution in [0.3, 0.4) is 0 Å². The Bertz CT molecular complexity index is 427. The van der Waals surface area contributed by atoms with Gasteiger partial charge < -0.3 is 5.73 Å². The van der Waals surface area contributed by atoms with Gasteiger partial charge in [-0.2, -0.15) is 17.8 Å². The minimum absolute atomic E-state index is 0.393. The summed E-state index contributed by atoms with van der Waals surface area (Å²) < 4.78 is 28.7. The summed E-state index contributed by atoms with van der Waals surface area (Å²) in [7, 11) is -0.338. The van der Waals surface area contributed by atoms with E-state index in [1.165, 1.54) is 22.2 Å². The van der Waals surface area contributed by atoms with Gasteiger partial charge in [0.05, 0.1) is 6.20 Å². The molecule has 0 unspecified atom stereocenters. The van der Waals surface area contributed by atoms with Crippen LogP contribution in [0.25, 0.3) is 0 Å². The summed E-state index contributed by atoms with van der Waals surface area (Å²) in [6.45, 7) is 0.856. The van der Waals surface area contributed by atoms with Crippen molar-refractivity contribution in [3.8, 4) is 0 Å². The molecule has 16 heavy (non-hydrogen) atoms. The standard InChI is InChI=1S/C8H17N5O2S/c1-12(7-3-5-9)16(14,15)11-8-4-6-10-13(8)2/h4,6,11H,3,5,7,9H2,1-2H3. The lowest BCUT2D eigenvalue weighted by molar-refractivity contribution is 0.468. The number of aromatic nitrogens is 2. The molecule has 0 fully saturated rings. The maximum atomic E-state index is 11.8. The van der Waals surface area contributed by atoms with Crippen molar-refractivity contribution in [3.63, 3.8) is 0 Å². The average Bonchev–Trinajstić information content (AvgIpc) is 2.60. The van der Waals surface area contributed by atoms with E-state index in [1.807, 2.05) is 0 Å². The van der Waals surface area contributed by atoms with Crippen molar-refractivity contribution < 1.29 is 8.42 Å². The Morgan fingerprint density at radius 3 is 2.81 bits per heavy atom. The molecule has 0 saturated heterocycles. The van der Waals surface area contributed by atoms with E-state index in [4.69, 9.17) is 5.73 Å². The van der Waals surface area contributed by atoms with Gasteiger partial charge in [-0.15, -0.1) is 0 Å². The largest absolute Gasteiger partial charge is 0.330 e. The highest BCUT2D eigenvalue weighted by Crippen LogP contribution is 2.08. The smallest absolute Gasteiger partial charge is 0.302 e. The summed E-state index contributed by atoms with van der Waals surface area (Å²) >= 11 is 0. The first kappa shape index (κ1) is 12.9. The predicted molar refractivity (Wildman–Crippen MR) is 62.1 cm³/mol. The van der Waals surface area contributed by atoms with Crippen LogP contribution in [-0.4, -0.2) is 42.6 Å². The zero-order valence-corrected chi connectivity index (χ0v) is 10.2. The van der Waals surface area contributed by atoms with E-state index in [9.17, 15) is 8.42 Å². The fraction of sp³-hybridized carbons (Fsp3) is 0.625. The van der Waals surface area contributed by atoms with Crippen molar-refractivity contribution in [1.29, 1.82) is 0 Å². The monoisotopic (exact) mass is 247 g/mol. The van der Waals surface area contributed by atoms with Gasteiger partial charge in [-0.25, -0.2) is 0 Å². The third-order valence-corrected chi connectivity index (χ3v) is 3.61. The van der Waals surface area contributed by atoms with E-state index in [-0.39, 0.29) is 0 Å². The van der Waals surface area contributed by atoms with Crippen molar-refractivity contribution in [2.45, 2.75) is 6.42 Å². The molecule has 92 valence electrons. The molecule has 3 N–H and O–H groups in total. The molecule has 1 aromatic rings. The molecule has 1 aromatic heterocycles. The summed E-state index contributed by atoms with van der Waals surface area (Å²) in [5.74, 6) is 0.430. The molecule has 0 amide bonds. The van der Waals surface area contributed by atoms with Gasteiger partial charge in [-0.05, 0) is 13.0 Å². The molecule has 1 rings (SSSR count). The fourth-order valence-electron chi connectivity index (χ4n) is 1.12. The first-order valence-electron chi connectivity index (χ1n) is 4.89. The van der Waals surface area contributed by atoms with Crippen molar-refractivity contribution >= 4 is 16.0 Å². The van der Waals surface area contributed by atoms with E-state index < -0.39 is 10.2 Å². The number of nitrogens with one attached hydrogen (secondary N) is 1. The summed E-state index contributed by atoms with van der Waals surface area (Å²) in [5.41, 5.74) is 5.32. The molecule has 0 spiro atoms. The number of rotatable bonds is 6. The second kappa shape index (κ2) is 5.28. The molecule has 7 nitrogen and oxygen atoms in total. The van der Waals surface area contributed by atoms with Crippen molar-refractivity contribution in [3.05, 3.63) is 12.3 Å². The van der Waals surface area contributed by atoms with Crippen LogP contribution in [0.5, 0.6) is 0 Å². The first-order chi connectivity index (χ1) is 7.47. The molecule has 0 aromatic carbocycles. The topological polar surface area (TPSA) is 93.2 Å². The normalized spacial score (nSPS) is 12.0. The molecular formula is C8H17N5O2S. The van der Waals surface area contributed by atoms with E-state index in [2.05, 4.69) is 9.82 Å². The molecular weight excluding hydrogens is 230 g/mol. The van der Waals surface area contributed by atoms with Gasteiger partial charge in [-0.1, -0.05) is 0 Å². The summed E-state index contributed by atoms with van der Waals surface area (Å²) in [6, 6.07) is 1.59. The van der Waals surface area contributed by atoms with Gasteiger partial charge in [-0.3, -0.25) is 9.40 Å². The minimum Gasteiger partial charge on any atom is -0.330 e. The van der Waals surface area contributed by atoms with Gasteiger partial charge in [0.2, 0.25) is 0 Å². The highest BCUT2D eigenvalue weighted by molar-refractivity contribution is 7.90. The van der Waals surface area contributed by atoms with Gasteiger partial charge in [0.1, 0.15) is 5.82 Å². The van der Waals surface area contributed by atoms with Crippen LogP contribution in [0, 0.1) is 0 Å². The highest BCUT2D eigenvalue weighted by Gasteiger charge is 2.17. The Hall–Kier alpha value is -1.12. The maximum Gasteiger partial charge on any atom is 0.302 e. The van der Waals surface area contributed by atoms with E-state index in [0.717, 1.165) is 0 Å². The molecule has 8 heteroatoms. The second-order valence-corrected chi connectivity index (χ2v) is 5.19. The lowest BCUT2D eigenvalue weighted by Gasteiger charge is -2.17. The maximum absolute atomic E-state index is 11.8. The van der Waals surface area contributed by atoms with Crippen LogP contribution in [-0.2, 0) is 17.3 Å². The van der Waals surface area contributed by atoms with Crippen LogP contribution in [0.4, 0.5) is 5.82 Å². The first-order valence-corrected chi connectivity index (χ1v) is 6.33. The zero-order valence-electron chi connectivity index (χ0n) is 9.42. The van der Waals surface area contributed by atoms with Crippen LogP contribution in [0.1, 0.15) is 6.42 Å². The van der Waals surface area contributed by atoms with Gasteiger partial charge in [0.25, 0.3) is 0 Å². The average molecular weight is 247 g/mol. The van der Waals surface area contributed by atoms with Crippen LogP contribution in [0.15, 0.2) is 12.3 Å². The Balaban J connectivity index is 2.68. The Morgan fingerprint density at radius 1 is 1.62 bits per heavy atom. The summed E-state index contributed by atoms with van der Waals surface area (Å²) in [6.07, 6.45) is 2.15. The molecule has 0 aliphatic heterocycles.